The van der Waals surface area contributed by atoms with E-state index in [0.29, 0.717) is 37.4 Å². The molecule has 1 heterocycles. The van der Waals surface area contributed by atoms with Gasteiger partial charge in [0.1, 0.15) is 0 Å². The smallest absolute Gasteiger partial charge is 0.305 e. The van der Waals surface area contributed by atoms with E-state index in [-0.39, 0.29) is 18.2 Å². The highest BCUT2D eigenvalue weighted by Gasteiger charge is 2.54. The zero-order valence-corrected chi connectivity index (χ0v) is 24.8. The summed E-state index contributed by atoms with van der Waals surface area (Å²) in [5.41, 5.74) is 0. The first kappa shape index (κ1) is 32.8. The highest BCUT2D eigenvalue weighted by molar-refractivity contribution is 6.18. The summed E-state index contributed by atoms with van der Waals surface area (Å²) in [6.07, 6.45) is 21.2. The summed E-state index contributed by atoms with van der Waals surface area (Å²) in [6.45, 7) is 5.59. The molecule has 1 N–H and O–H groups in total. The lowest BCUT2D eigenvalue weighted by Gasteiger charge is -2.33. The highest BCUT2D eigenvalue weighted by atomic mass is 35.5. The molecule has 2 unspecified atom stereocenters. The molecule has 0 aromatic heterocycles. The Morgan fingerprint density at radius 2 is 1.65 bits per heavy atom. The Balaban J connectivity index is 1.65. The molecule has 2 fully saturated rings. The molecule has 0 radical (unpaired) electrons. The molecule has 218 valence electrons. The molecule has 0 aromatic carbocycles. The molecule has 1 aliphatic carbocycles. The summed E-state index contributed by atoms with van der Waals surface area (Å²) in [7, 11) is 0. The predicted molar refractivity (Wildman–Crippen MR) is 152 cm³/mol. The van der Waals surface area contributed by atoms with Gasteiger partial charge >= 0.3 is 5.97 Å². The number of aliphatic hydroxyl groups excluding tert-OH is 1. The van der Waals surface area contributed by atoms with Gasteiger partial charge in [0, 0.05) is 18.8 Å². The molecule has 1 aliphatic heterocycles. The molecule has 5 nitrogen and oxygen atoms in total. The summed E-state index contributed by atoms with van der Waals surface area (Å²) in [4.78, 5) is 12.0. The van der Waals surface area contributed by atoms with Gasteiger partial charge in [0.25, 0.3) is 0 Å². The van der Waals surface area contributed by atoms with Crippen LogP contribution in [-0.4, -0.2) is 48.2 Å². The number of carbonyl (C=O) groups is 1. The van der Waals surface area contributed by atoms with E-state index in [1.54, 1.807) is 0 Å². The van der Waals surface area contributed by atoms with Crippen molar-refractivity contribution in [1.82, 2.24) is 0 Å². The number of hydrogen-bond donors (Lipinski definition) is 1. The maximum absolute atomic E-state index is 12.0. The quantitative estimate of drug-likeness (QED) is 0.0842. The van der Waals surface area contributed by atoms with Crippen LogP contribution in [-0.2, 0) is 19.0 Å². The second-order valence-electron chi connectivity index (χ2n) is 11.6. The van der Waals surface area contributed by atoms with Crippen LogP contribution in [0.15, 0.2) is 0 Å². The predicted octanol–water partition coefficient (Wildman–Crippen LogP) is 8.33. The third kappa shape index (κ3) is 12.6. The van der Waals surface area contributed by atoms with E-state index in [9.17, 15) is 9.90 Å². The van der Waals surface area contributed by atoms with Crippen molar-refractivity contribution in [2.75, 3.05) is 19.1 Å². The molecular weight excluding hydrogens is 488 g/mol. The second kappa shape index (κ2) is 19.7. The Labute approximate surface area is 232 Å². The number of carbonyl (C=O) groups excluding carboxylic acids is 1. The summed E-state index contributed by atoms with van der Waals surface area (Å²) < 4.78 is 18.1. The van der Waals surface area contributed by atoms with Gasteiger partial charge in [-0.3, -0.25) is 4.79 Å². The van der Waals surface area contributed by atoms with Gasteiger partial charge < -0.3 is 19.3 Å². The molecule has 37 heavy (non-hydrogen) atoms. The van der Waals surface area contributed by atoms with Crippen molar-refractivity contribution >= 4 is 17.6 Å². The Hall–Kier alpha value is -0.360. The van der Waals surface area contributed by atoms with Gasteiger partial charge in [-0.15, -0.1) is 11.6 Å². The summed E-state index contributed by atoms with van der Waals surface area (Å²) in [5.74, 6) is 0.862. The van der Waals surface area contributed by atoms with Crippen LogP contribution < -0.4 is 0 Å². The van der Waals surface area contributed by atoms with Crippen LogP contribution in [0, 0.1) is 11.8 Å². The fraction of sp³-hybridized carbons (Fsp3) is 0.968. The van der Waals surface area contributed by atoms with Crippen molar-refractivity contribution in [3.63, 3.8) is 0 Å². The molecule has 5 atom stereocenters. The van der Waals surface area contributed by atoms with Crippen molar-refractivity contribution in [3.8, 4) is 0 Å². The SMILES string of the molecule is CCCCCCCCOC(=O)CCCCCC[C@@H]1[C@@H](CC[C@@H](O)CCCCC)CCC12OCC(CCl)O2. The van der Waals surface area contributed by atoms with E-state index in [2.05, 4.69) is 13.8 Å². The van der Waals surface area contributed by atoms with Gasteiger partial charge in [-0.25, -0.2) is 0 Å². The van der Waals surface area contributed by atoms with Crippen molar-refractivity contribution in [2.45, 2.75) is 160 Å². The van der Waals surface area contributed by atoms with E-state index in [0.717, 1.165) is 83.5 Å². The van der Waals surface area contributed by atoms with Crippen LogP contribution in [0.5, 0.6) is 0 Å². The van der Waals surface area contributed by atoms with Crippen LogP contribution in [0.25, 0.3) is 0 Å². The molecule has 6 heteroatoms. The van der Waals surface area contributed by atoms with E-state index in [4.69, 9.17) is 25.8 Å². The minimum absolute atomic E-state index is 0.00935. The number of aliphatic hydroxyl groups is 1. The number of esters is 1. The Morgan fingerprint density at radius 3 is 2.41 bits per heavy atom. The van der Waals surface area contributed by atoms with Crippen molar-refractivity contribution in [2.24, 2.45) is 11.8 Å². The Bertz CT molecular complexity index is 588. The van der Waals surface area contributed by atoms with E-state index >= 15 is 0 Å². The standard InChI is InChI=1S/C31H57ClO5/c1-3-5-7-8-11-15-23-35-30(34)18-14-10-9-13-17-29-26(19-20-27(33)16-12-6-4-2)21-22-31(29)36-25-28(24-32)37-31/h26-29,33H,3-25H2,1-2H3/t26-,27-,28?,29+,31?/m0/s1. The van der Waals surface area contributed by atoms with Crippen LogP contribution in [0.3, 0.4) is 0 Å². The normalized spacial score (nSPS) is 26.2. The van der Waals surface area contributed by atoms with Gasteiger partial charge in [0.05, 0.1) is 31.3 Å². The van der Waals surface area contributed by atoms with Crippen molar-refractivity contribution < 1.29 is 24.1 Å². The molecule has 2 rings (SSSR count). The topological polar surface area (TPSA) is 65.0 Å². The largest absolute Gasteiger partial charge is 0.466 e. The van der Waals surface area contributed by atoms with E-state index < -0.39 is 5.79 Å². The van der Waals surface area contributed by atoms with E-state index in [1.807, 2.05) is 0 Å². The van der Waals surface area contributed by atoms with Crippen molar-refractivity contribution in [1.29, 1.82) is 0 Å². The minimum atomic E-state index is -0.474. The lowest BCUT2D eigenvalue weighted by molar-refractivity contribution is -0.196. The molecule has 0 aromatic rings. The Kier molecular flexibility index (Phi) is 17.5. The highest BCUT2D eigenvalue weighted by Crippen LogP contribution is 2.51. The second-order valence-corrected chi connectivity index (χ2v) is 11.9. The lowest BCUT2D eigenvalue weighted by atomic mass is 9.84. The zero-order chi connectivity index (χ0) is 26.8. The maximum atomic E-state index is 12.0. The number of hydrogen-bond acceptors (Lipinski definition) is 5. The van der Waals surface area contributed by atoms with Gasteiger partial charge in [-0.2, -0.15) is 0 Å². The average molecular weight is 545 g/mol. The van der Waals surface area contributed by atoms with Gasteiger partial charge in [0.2, 0.25) is 0 Å². The van der Waals surface area contributed by atoms with Gasteiger partial charge in [-0.05, 0) is 50.9 Å². The fourth-order valence-corrected chi connectivity index (χ4v) is 6.38. The third-order valence-electron chi connectivity index (χ3n) is 8.47. The molecule has 1 saturated heterocycles. The van der Waals surface area contributed by atoms with Crippen LogP contribution in [0.2, 0.25) is 0 Å². The van der Waals surface area contributed by atoms with Crippen molar-refractivity contribution in [3.05, 3.63) is 0 Å². The fourth-order valence-electron chi connectivity index (χ4n) is 6.23. The maximum Gasteiger partial charge on any atom is 0.305 e. The molecule has 1 spiro atoms. The first-order valence-corrected chi connectivity index (χ1v) is 16.3. The number of alkyl halides is 1. The lowest BCUT2D eigenvalue weighted by Crippen LogP contribution is -2.37. The van der Waals surface area contributed by atoms with Crippen LogP contribution in [0.1, 0.15) is 142 Å². The summed E-state index contributed by atoms with van der Waals surface area (Å²) in [5, 5.41) is 10.5. The Morgan fingerprint density at radius 1 is 0.946 bits per heavy atom. The molecule has 0 bridgehead atoms. The van der Waals surface area contributed by atoms with Gasteiger partial charge in [-0.1, -0.05) is 84.5 Å². The zero-order valence-electron chi connectivity index (χ0n) is 24.0. The average Bonchev–Trinajstić information content (AvgIpc) is 3.47. The van der Waals surface area contributed by atoms with E-state index in [1.165, 1.54) is 38.5 Å². The summed E-state index contributed by atoms with van der Waals surface area (Å²) >= 11 is 6.09. The minimum Gasteiger partial charge on any atom is -0.466 e. The van der Waals surface area contributed by atoms with Crippen LogP contribution >= 0.6 is 11.6 Å². The number of ether oxygens (including phenoxy) is 3. The molecular formula is C31H57ClO5. The molecule has 0 amide bonds. The first-order chi connectivity index (χ1) is 18.0. The monoisotopic (exact) mass is 544 g/mol. The number of halogens is 1. The third-order valence-corrected chi connectivity index (χ3v) is 8.81. The van der Waals surface area contributed by atoms with Crippen LogP contribution in [0.4, 0.5) is 0 Å². The number of rotatable bonds is 22. The number of unbranched alkanes of at least 4 members (excludes halogenated alkanes) is 10. The molecule has 2 aliphatic rings. The van der Waals surface area contributed by atoms with Gasteiger partial charge in [0.15, 0.2) is 5.79 Å². The first-order valence-electron chi connectivity index (χ1n) is 15.8. The molecule has 1 saturated carbocycles. The summed E-state index contributed by atoms with van der Waals surface area (Å²) in [6, 6.07) is 0.